The van der Waals surface area contributed by atoms with Crippen LogP contribution in [0.2, 0.25) is 0 Å². The molecule has 0 aliphatic heterocycles. The summed E-state index contributed by atoms with van der Waals surface area (Å²) in [4.78, 5) is 0. The molecule has 7 heteroatoms. The first kappa shape index (κ1) is 16.6. The van der Waals surface area contributed by atoms with Gasteiger partial charge in [-0.05, 0) is 6.42 Å². The summed E-state index contributed by atoms with van der Waals surface area (Å²) in [5.41, 5.74) is 0. The van der Waals surface area contributed by atoms with Crippen LogP contribution in [0, 0.1) is 0 Å². The van der Waals surface area contributed by atoms with Crippen molar-refractivity contribution in [3.63, 3.8) is 0 Å². The molecule has 0 heterocycles. The van der Waals surface area contributed by atoms with Crippen molar-refractivity contribution >= 4 is 0 Å². The monoisotopic (exact) mass is 259 g/mol. The first-order valence-electron chi connectivity index (χ1n) is 5.48. The molecule has 0 saturated carbocycles. The lowest BCUT2D eigenvalue weighted by atomic mass is 10.5. The molecule has 4 nitrogen and oxygen atoms in total. The molecule has 0 rings (SSSR count). The number of ether oxygens (including phenoxy) is 3. The van der Waals surface area contributed by atoms with Gasteiger partial charge in [-0.1, -0.05) is 0 Å². The normalized spacial score (nSPS) is 12.0. The van der Waals surface area contributed by atoms with Gasteiger partial charge in [-0.25, -0.2) is 0 Å². The first-order chi connectivity index (χ1) is 8.06. The van der Waals surface area contributed by atoms with Gasteiger partial charge in [-0.15, -0.1) is 0 Å². The number of hydrogen-bond acceptors (Lipinski definition) is 4. The lowest BCUT2D eigenvalue weighted by Gasteiger charge is -2.08. The highest BCUT2D eigenvalue weighted by Gasteiger charge is 2.25. The zero-order chi connectivity index (χ0) is 13.0. The predicted molar refractivity (Wildman–Crippen MR) is 57.1 cm³/mol. The minimum atomic E-state index is -4.16. The molecule has 0 fully saturated rings. The number of halogens is 3. The predicted octanol–water partition coefficient (Wildman–Crippen LogP) is 1.21. The van der Waals surface area contributed by atoms with E-state index < -0.39 is 12.7 Å². The summed E-state index contributed by atoms with van der Waals surface area (Å²) < 4.78 is 50.2. The van der Waals surface area contributed by atoms with E-state index in [1.165, 1.54) is 0 Å². The molecule has 0 saturated heterocycles. The molecule has 0 radical (unpaired) electrons. The van der Waals surface area contributed by atoms with Crippen molar-refractivity contribution in [1.29, 1.82) is 0 Å². The van der Waals surface area contributed by atoms with Crippen molar-refractivity contribution in [2.75, 3.05) is 53.2 Å². The SMILES string of the molecule is COCCOCCCOCCNCC(F)(F)F. The van der Waals surface area contributed by atoms with E-state index in [0.29, 0.717) is 26.4 Å². The topological polar surface area (TPSA) is 39.7 Å². The van der Waals surface area contributed by atoms with Crippen molar-refractivity contribution in [2.24, 2.45) is 0 Å². The Morgan fingerprint density at radius 3 is 2.18 bits per heavy atom. The maximum absolute atomic E-state index is 11.7. The minimum absolute atomic E-state index is 0.198. The molecule has 0 atom stereocenters. The molecule has 0 aromatic carbocycles. The summed E-state index contributed by atoms with van der Waals surface area (Å²) in [7, 11) is 1.60. The quantitative estimate of drug-likeness (QED) is 0.566. The standard InChI is InChI=1S/C10H20F3NO3/c1-15-7-8-17-5-2-4-16-6-3-14-9-10(11,12)13/h14H,2-9H2,1H3. The Balaban J connectivity index is 2.99. The Labute approximate surface area is 99.4 Å². The highest BCUT2D eigenvalue weighted by atomic mass is 19.4. The molecule has 17 heavy (non-hydrogen) atoms. The van der Waals surface area contributed by atoms with Crippen molar-refractivity contribution in [3.05, 3.63) is 0 Å². The molecule has 0 amide bonds. The molecular weight excluding hydrogens is 239 g/mol. The zero-order valence-corrected chi connectivity index (χ0v) is 10.0. The molecule has 0 unspecified atom stereocenters. The van der Waals surface area contributed by atoms with E-state index in [9.17, 15) is 13.2 Å². The fourth-order valence-electron chi connectivity index (χ4n) is 0.984. The van der Waals surface area contributed by atoms with Crippen LogP contribution in [0.3, 0.4) is 0 Å². The van der Waals surface area contributed by atoms with Crippen molar-refractivity contribution in [1.82, 2.24) is 5.32 Å². The van der Waals surface area contributed by atoms with Gasteiger partial charge in [0.1, 0.15) is 0 Å². The largest absolute Gasteiger partial charge is 0.401 e. The van der Waals surface area contributed by atoms with Crippen LogP contribution in [0.1, 0.15) is 6.42 Å². The van der Waals surface area contributed by atoms with Crippen LogP contribution in [0.15, 0.2) is 0 Å². The fraction of sp³-hybridized carbons (Fsp3) is 1.00. The van der Waals surface area contributed by atoms with Crippen LogP contribution in [0.4, 0.5) is 13.2 Å². The second kappa shape index (κ2) is 10.8. The molecule has 0 spiro atoms. The Morgan fingerprint density at radius 2 is 1.59 bits per heavy atom. The van der Waals surface area contributed by atoms with Gasteiger partial charge in [-0.3, -0.25) is 0 Å². The molecule has 0 aromatic heterocycles. The van der Waals surface area contributed by atoms with E-state index in [4.69, 9.17) is 14.2 Å². The van der Waals surface area contributed by atoms with Gasteiger partial charge in [0.05, 0.1) is 26.4 Å². The fourth-order valence-corrected chi connectivity index (χ4v) is 0.984. The van der Waals surface area contributed by atoms with Crippen LogP contribution < -0.4 is 5.32 Å². The van der Waals surface area contributed by atoms with E-state index in [1.54, 1.807) is 7.11 Å². The Kier molecular flexibility index (Phi) is 10.5. The second-order valence-corrected chi connectivity index (χ2v) is 3.36. The van der Waals surface area contributed by atoms with E-state index in [0.717, 1.165) is 6.42 Å². The first-order valence-corrected chi connectivity index (χ1v) is 5.48. The third-order valence-corrected chi connectivity index (χ3v) is 1.76. The van der Waals surface area contributed by atoms with E-state index in [2.05, 4.69) is 5.32 Å². The van der Waals surface area contributed by atoms with E-state index in [-0.39, 0.29) is 13.2 Å². The number of alkyl halides is 3. The summed E-state index contributed by atoms with van der Waals surface area (Å²) in [5, 5.41) is 2.25. The van der Waals surface area contributed by atoms with Crippen LogP contribution in [0.25, 0.3) is 0 Å². The molecule has 0 aliphatic rings. The Bertz CT molecular complexity index is 167. The molecule has 0 bridgehead atoms. The van der Waals surface area contributed by atoms with Gasteiger partial charge in [0.25, 0.3) is 0 Å². The zero-order valence-electron chi connectivity index (χ0n) is 10.0. The van der Waals surface area contributed by atoms with Gasteiger partial charge in [0, 0.05) is 26.9 Å². The number of hydrogen-bond donors (Lipinski definition) is 1. The third-order valence-electron chi connectivity index (χ3n) is 1.76. The van der Waals surface area contributed by atoms with Crippen LogP contribution in [-0.4, -0.2) is 59.4 Å². The lowest BCUT2D eigenvalue weighted by Crippen LogP contribution is -2.31. The summed E-state index contributed by atoms with van der Waals surface area (Å²) in [6, 6.07) is 0. The van der Waals surface area contributed by atoms with Crippen LogP contribution in [0.5, 0.6) is 0 Å². The van der Waals surface area contributed by atoms with Gasteiger partial charge < -0.3 is 19.5 Å². The van der Waals surface area contributed by atoms with Crippen LogP contribution >= 0.6 is 0 Å². The molecule has 1 N–H and O–H groups in total. The lowest BCUT2D eigenvalue weighted by molar-refractivity contribution is -0.125. The molecule has 104 valence electrons. The van der Waals surface area contributed by atoms with Gasteiger partial charge in [-0.2, -0.15) is 13.2 Å². The summed E-state index contributed by atoms with van der Waals surface area (Å²) in [6.45, 7) is 1.65. The summed E-state index contributed by atoms with van der Waals surface area (Å²) >= 11 is 0. The third kappa shape index (κ3) is 15.6. The van der Waals surface area contributed by atoms with E-state index >= 15 is 0 Å². The smallest absolute Gasteiger partial charge is 0.382 e. The molecular formula is C10H20F3NO3. The Morgan fingerprint density at radius 1 is 0.941 bits per heavy atom. The highest BCUT2D eigenvalue weighted by Crippen LogP contribution is 2.11. The number of nitrogens with one attached hydrogen (secondary N) is 1. The van der Waals surface area contributed by atoms with Crippen LogP contribution in [-0.2, 0) is 14.2 Å². The average molecular weight is 259 g/mol. The molecule has 0 aromatic rings. The van der Waals surface area contributed by atoms with Gasteiger partial charge in [0.15, 0.2) is 0 Å². The minimum Gasteiger partial charge on any atom is -0.382 e. The number of methoxy groups -OCH3 is 1. The Hall–Kier alpha value is -0.370. The van der Waals surface area contributed by atoms with Gasteiger partial charge >= 0.3 is 6.18 Å². The van der Waals surface area contributed by atoms with Gasteiger partial charge in [0.2, 0.25) is 0 Å². The maximum atomic E-state index is 11.7. The van der Waals surface area contributed by atoms with Crippen molar-refractivity contribution in [2.45, 2.75) is 12.6 Å². The summed E-state index contributed by atoms with van der Waals surface area (Å²) in [6.07, 6.45) is -3.43. The van der Waals surface area contributed by atoms with Crippen molar-refractivity contribution < 1.29 is 27.4 Å². The second-order valence-electron chi connectivity index (χ2n) is 3.36. The molecule has 0 aliphatic carbocycles. The van der Waals surface area contributed by atoms with E-state index in [1.807, 2.05) is 0 Å². The highest BCUT2D eigenvalue weighted by molar-refractivity contribution is 4.54. The maximum Gasteiger partial charge on any atom is 0.401 e. The summed E-state index contributed by atoms with van der Waals surface area (Å²) in [5.74, 6) is 0. The number of rotatable bonds is 11. The van der Waals surface area contributed by atoms with Crippen molar-refractivity contribution in [3.8, 4) is 0 Å². The average Bonchev–Trinajstić information content (AvgIpc) is 2.24.